The standard InChI is InChI=1S/C14H19F3N2O/c1-9-8-19(5-4-13(9)20)11-3-2-10(7-18)12(6-11)14(15,16)17/h2-3,6,9,13,20H,4-5,7-8,18H2,1H3. The predicted molar refractivity (Wildman–Crippen MR) is 71.3 cm³/mol. The summed E-state index contributed by atoms with van der Waals surface area (Å²) in [5.74, 6) is 0.0484. The molecule has 2 rings (SSSR count). The van der Waals surface area contributed by atoms with Crippen molar-refractivity contribution in [1.29, 1.82) is 0 Å². The number of nitrogens with two attached hydrogens (primary N) is 1. The zero-order valence-corrected chi connectivity index (χ0v) is 11.3. The van der Waals surface area contributed by atoms with Gasteiger partial charge in [-0.3, -0.25) is 0 Å². The lowest BCUT2D eigenvalue weighted by atomic mass is 9.95. The van der Waals surface area contributed by atoms with Gasteiger partial charge in [0.2, 0.25) is 0 Å². The molecule has 112 valence electrons. The Morgan fingerprint density at radius 1 is 1.40 bits per heavy atom. The molecule has 0 spiro atoms. The van der Waals surface area contributed by atoms with Gasteiger partial charge < -0.3 is 15.7 Å². The molecule has 3 nitrogen and oxygen atoms in total. The average Bonchev–Trinajstić information content (AvgIpc) is 2.40. The van der Waals surface area contributed by atoms with Crippen LogP contribution in [-0.2, 0) is 12.7 Å². The molecule has 0 radical (unpaired) electrons. The van der Waals surface area contributed by atoms with E-state index in [9.17, 15) is 18.3 Å². The molecule has 1 heterocycles. The van der Waals surface area contributed by atoms with Crippen LogP contribution in [0.5, 0.6) is 0 Å². The van der Waals surface area contributed by atoms with Crippen LogP contribution < -0.4 is 10.6 Å². The minimum atomic E-state index is -4.40. The van der Waals surface area contributed by atoms with Crippen molar-refractivity contribution in [2.75, 3.05) is 18.0 Å². The van der Waals surface area contributed by atoms with Crippen LogP contribution in [0.4, 0.5) is 18.9 Å². The van der Waals surface area contributed by atoms with Crippen LogP contribution in [0.25, 0.3) is 0 Å². The molecule has 0 saturated carbocycles. The number of nitrogens with zero attached hydrogens (tertiary/aromatic N) is 1. The van der Waals surface area contributed by atoms with Crippen LogP contribution >= 0.6 is 0 Å². The number of halogens is 3. The van der Waals surface area contributed by atoms with Crippen molar-refractivity contribution in [2.24, 2.45) is 11.7 Å². The third-order valence-corrected chi connectivity index (χ3v) is 3.84. The Hall–Kier alpha value is -1.27. The number of piperidine rings is 1. The van der Waals surface area contributed by atoms with Gasteiger partial charge in [0, 0.05) is 25.3 Å². The highest BCUT2D eigenvalue weighted by atomic mass is 19.4. The van der Waals surface area contributed by atoms with Gasteiger partial charge in [-0.1, -0.05) is 13.0 Å². The van der Waals surface area contributed by atoms with Gasteiger partial charge >= 0.3 is 6.18 Å². The van der Waals surface area contributed by atoms with Crippen molar-refractivity contribution in [3.63, 3.8) is 0 Å². The van der Waals surface area contributed by atoms with Gasteiger partial charge in [-0.05, 0) is 30.0 Å². The van der Waals surface area contributed by atoms with Gasteiger partial charge in [0.15, 0.2) is 0 Å². The van der Waals surface area contributed by atoms with E-state index in [-0.39, 0.29) is 24.1 Å². The summed E-state index contributed by atoms with van der Waals surface area (Å²) in [6.07, 6.45) is -4.20. The molecule has 1 aliphatic heterocycles. The monoisotopic (exact) mass is 288 g/mol. The number of hydrogen-bond acceptors (Lipinski definition) is 3. The number of rotatable bonds is 2. The molecule has 0 amide bonds. The van der Waals surface area contributed by atoms with E-state index in [0.29, 0.717) is 25.2 Å². The molecule has 1 fully saturated rings. The number of benzene rings is 1. The molecule has 20 heavy (non-hydrogen) atoms. The highest BCUT2D eigenvalue weighted by molar-refractivity contribution is 5.52. The second-order valence-electron chi connectivity index (χ2n) is 5.32. The molecule has 1 saturated heterocycles. The van der Waals surface area contributed by atoms with Crippen LogP contribution in [0.3, 0.4) is 0 Å². The van der Waals surface area contributed by atoms with Crippen molar-refractivity contribution in [1.82, 2.24) is 0 Å². The van der Waals surface area contributed by atoms with Crippen LogP contribution in [0, 0.1) is 5.92 Å². The molecule has 1 aromatic rings. The Labute approximate surface area is 116 Å². The lowest BCUT2D eigenvalue weighted by Gasteiger charge is -2.36. The zero-order chi connectivity index (χ0) is 14.9. The van der Waals surface area contributed by atoms with Crippen LogP contribution in [0.2, 0.25) is 0 Å². The third-order valence-electron chi connectivity index (χ3n) is 3.84. The lowest BCUT2D eigenvalue weighted by Crippen LogP contribution is -2.42. The van der Waals surface area contributed by atoms with E-state index in [2.05, 4.69) is 0 Å². The fourth-order valence-electron chi connectivity index (χ4n) is 2.57. The van der Waals surface area contributed by atoms with Crippen molar-refractivity contribution in [3.8, 4) is 0 Å². The van der Waals surface area contributed by atoms with E-state index < -0.39 is 11.7 Å². The first-order chi connectivity index (χ1) is 9.32. The van der Waals surface area contributed by atoms with E-state index in [0.717, 1.165) is 6.07 Å². The molecule has 1 aromatic carbocycles. The summed E-state index contributed by atoms with van der Waals surface area (Å²) in [4.78, 5) is 1.88. The van der Waals surface area contributed by atoms with Crippen molar-refractivity contribution < 1.29 is 18.3 Å². The fraction of sp³-hybridized carbons (Fsp3) is 0.571. The number of alkyl halides is 3. The highest BCUT2D eigenvalue weighted by Gasteiger charge is 2.34. The molecular formula is C14H19F3N2O. The Balaban J connectivity index is 2.30. The summed E-state index contributed by atoms with van der Waals surface area (Å²) < 4.78 is 39.0. The number of anilines is 1. The molecule has 2 atom stereocenters. The first-order valence-corrected chi connectivity index (χ1v) is 6.66. The number of hydrogen-bond donors (Lipinski definition) is 2. The second-order valence-corrected chi connectivity index (χ2v) is 5.32. The van der Waals surface area contributed by atoms with E-state index in [1.54, 1.807) is 6.07 Å². The maximum Gasteiger partial charge on any atom is 0.416 e. The molecule has 0 bridgehead atoms. The minimum absolute atomic E-state index is 0.0484. The van der Waals surface area contributed by atoms with Crippen molar-refractivity contribution in [3.05, 3.63) is 29.3 Å². The van der Waals surface area contributed by atoms with Crippen molar-refractivity contribution >= 4 is 5.69 Å². The quantitative estimate of drug-likeness (QED) is 0.878. The molecule has 6 heteroatoms. The Kier molecular flexibility index (Phi) is 4.25. The average molecular weight is 288 g/mol. The Bertz CT molecular complexity index is 476. The molecule has 1 aliphatic rings. The SMILES string of the molecule is CC1CN(c2ccc(CN)c(C(F)(F)F)c2)CCC1O. The predicted octanol–water partition coefficient (Wildman–Crippen LogP) is 2.37. The highest BCUT2D eigenvalue weighted by Crippen LogP contribution is 2.35. The largest absolute Gasteiger partial charge is 0.416 e. The lowest BCUT2D eigenvalue weighted by molar-refractivity contribution is -0.138. The first-order valence-electron chi connectivity index (χ1n) is 6.66. The first kappa shape index (κ1) is 15.1. The zero-order valence-electron chi connectivity index (χ0n) is 11.3. The summed E-state index contributed by atoms with van der Waals surface area (Å²) in [7, 11) is 0. The Morgan fingerprint density at radius 3 is 2.65 bits per heavy atom. The fourth-order valence-corrected chi connectivity index (χ4v) is 2.57. The molecule has 3 N–H and O–H groups in total. The van der Waals surface area contributed by atoms with Gasteiger partial charge in [0.1, 0.15) is 0 Å². The van der Waals surface area contributed by atoms with Crippen molar-refractivity contribution in [2.45, 2.75) is 32.2 Å². The topological polar surface area (TPSA) is 49.5 Å². The maximum absolute atomic E-state index is 13.0. The summed E-state index contributed by atoms with van der Waals surface area (Å²) >= 11 is 0. The summed E-state index contributed by atoms with van der Waals surface area (Å²) in [5, 5.41) is 9.69. The minimum Gasteiger partial charge on any atom is -0.393 e. The van der Waals surface area contributed by atoms with Gasteiger partial charge in [-0.2, -0.15) is 13.2 Å². The van der Waals surface area contributed by atoms with E-state index in [4.69, 9.17) is 5.73 Å². The van der Waals surface area contributed by atoms with E-state index in [1.807, 2.05) is 11.8 Å². The maximum atomic E-state index is 13.0. The van der Waals surface area contributed by atoms with Crippen LogP contribution in [-0.4, -0.2) is 24.3 Å². The van der Waals surface area contributed by atoms with E-state index >= 15 is 0 Å². The second kappa shape index (κ2) is 5.61. The molecule has 0 aromatic heterocycles. The third kappa shape index (κ3) is 3.07. The summed E-state index contributed by atoms with van der Waals surface area (Å²) in [6.45, 7) is 2.88. The number of aliphatic hydroxyl groups excluding tert-OH is 1. The van der Waals surface area contributed by atoms with Crippen LogP contribution in [0.15, 0.2) is 18.2 Å². The Morgan fingerprint density at radius 2 is 2.10 bits per heavy atom. The summed E-state index contributed by atoms with van der Waals surface area (Å²) in [5.41, 5.74) is 5.34. The normalized spacial score (nSPS) is 24.0. The summed E-state index contributed by atoms with van der Waals surface area (Å²) in [6, 6.07) is 4.27. The van der Waals surface area contributed by atoms with Gasteiger partial charge in [0.25, 0.3) is 0 Å². The number of aliphatic hydroxyl groups is 1. The molecular weight excluding hydrogens is 269 g/mol. The van der Waals surface area contributed by atoms with E-state index in [1.165, 1.54) is 6.07 Å². The molecule has 2 unspecified atom stereocenters. The van der Waals surface area contributed by atoms with Crippen LogP contribution in [0.1, 0.15) is 24.5 Å². The smallest absolute Gasteiger partial charge is 0.393 e. The van der Waals surface area contributed by atoms with Gasteiger partial charge in [-0.25, -0.2) is 0 Å². The molecule has 0 aliphatic carbocycles. The van der Waals surface area contributed by atoms with Gasteiger partial charge in [0.05, 0.1) is 11.7 Å². The van der Waals surface area contributed by atoms with Gasteiger partial charge in [-0.15, -0.1) is 0 Å².